The van der Waals surface area contributed by atoms with Gasteiger partial charge in [0.2, 0.25) is 0 Å². The molecular formula is C12H14FNO3. The van der Waals surface area contributed by atoms with Crippen molar-refractivity contribution in [3.8, 4) is 5.75 Å². The fraction of sp³-hybridized carbons (Fsp3) is 0.417. The molecule has 1 aliphatic heterocycles. The highest BCUT2D eigenvalue weighted by molar-refractivity contribution is 5.71. The zero-order valence-corrected chi connectivity index (χ0v) is 9.44. The molecular weight excluding hydrogens is 225 g/mol. The summed E-state index contributed by atoms with van der Waals surface area (Å²) in [4.78, 5) is 10.9. The first-order valence-corrected chi connectivity index (χ1v) is 5.42. The smallest absolute Gasteiger partial charge is 0.307 e. The second kappa shape index (κ2) is 4.71. The topological polar surface area (TPSA) is 58.6 Å². The predicted octanol–water partition coefficient (Wildman–Crippen LogP) is 1.57. The Bertz CT molecular complexity index is 436. The number of carbonyl (C=O) groups is 1. The standard InChI is InChI=1S/C12H14FNO3/c1-17-10-4-2-3-8(13)11(10)9-5-7(6-14-9)12(15)16/h2-4,7,9,14H,5-6H2,1H3,(H,15,16). The normalized spacial score (nSPS) is 23.6. The molecule has 0 aromatic heterocycles. The molecule has 1 aliphatic rings. The van der Waals surface area contributed by atoms with Gasteiger partial charge in [0.25, 0.3) is 0 Å². The van der Waals surface area contributed by atoms with Gasteiger partial charge in [0.15, 0.2) is 0 Å². The monoisotopic (exact) mass is 239 g/mol. The van der Waals surface area contributed by atoms with Crippen molar-refractivity contribution in [2.75, 3.05) is 13.7 Å². The van der Waals surface area contributed by atoms with Crippen molar-refractivity contribution in [1.29, 1.82) is 0 Å². The van der Waals surface area contributed by atoms with Gasteiger partial charge in [-0.3, -0.25) is 4.79 Å². The van der Waals surface area contributed by atoms with Crippen LogP contribution in [-0.4, -0.2) is 24.7 Å². The first-order chi connectivity index (χ1) is 8.13. The van der Waals surface area contributed by atoms with Gasteiger partial charge in [-0.2, -0.15) is 0 Å². The Morgan fingerprint density at radius 2 is 2.35 bits per heavy atom. The lowest BCUT2D eigenvalue weighted by atomic mass is 9.99. The molecule has 1 fully saturated rings. The van der Waals surface area contributed by atoms with Gasteiger partial charge in [0.1, 0.15) is 11.6 Å². The van der Waals surface area contributed by atoms with Crippen LogP contribution < -0.4 is 10.1 Å². The van der Waals surface area contributed by atoms with Gasteiger partial charge in [-0.05, 0) is 18.6 Å². The van der Waals surface area contributed by atoms with Crippen LogP contribution in [0.2, 0.25) is 0 Å². The second-order valence-electron chi connectivity index (χ2n) is 4.09. The largest absolute Gasteiger partial charge is 0.496 e. The van der Waals surface area contributed by atoms with Gasteiger partial charge in [-0.1, -0.05) is 6.07 Å². The van der Waals surface area contributed by atoms with Crippen LogP contribution in [0.4, 0.5) is 4.39 Å². The molecule has 17 heavy (non-hydrogen) atoms. The molecule has 0 spiro atoms. The summed E-state index contributed by atoms with van der Waals surface area (Å²) < 4.78 is 18.9. The number of ether oxygens (including phenoxy) is 1. The molecule has 0 saturated carbocycles. The van der Waals surface area contributed by atoms with E-state index in [0.717, 1.165) is 0 Å². The van der Waals surface area contributed by atoms with E-state index in [9.17, 15) is 9.18 Å². The lowest BCUT2D eigenvalue weighted by Crippen LogP contribution is -2.18. The fourth-order valence-corrected chi connectivity index (χ4v) is 2.18. The predicted molar refractivity (Wildman–Crippen MR) is 59.4 cm³/mol. The third kappa shape index (κ3) is 2.24. The third-order valence-corrected chi connectivity index (χ3v) is 3.06. The number of hydrogen-bond donors (Lipinski definition) is 2. The first kappa shape index (κ1) is 11.9. The SMILES string of the molecule is COc1cccc(F)c1C1CC(C(=O)O)CN1. The first-order valence-electron chi connectivity index (χ1n) is 5.42. The molecule has 0 bridgehead atoms. The van der Waals surface area contributed by atoms with Crippen LogP contribution in [0.1, 0.15) is 18.0 Å². The van der Waals surface area contributed by atoms with Crippen LogP contribution in [-0.2, 0) is 4.79 Å². The lowest BCUT2D eigenvalue weighted by Gasteiger charge is -2.15. The number of carboxylic acids is 1. The highest BCUT2D eigenvalue weighted by atomic mass is 19.1. The average molecular weight is 239 g/mol. The molecule has 2 rings (SSSR count). The van der Waals surface area contributed by atoms with E-state index in [1.807, 2.05) is 0 Å². The van der Waals surface area contributed by atoms with Crippen molar-refractivity contribution in [1.82, 2.24) is 5.32 Å². The Balaban J connectivity index is 2.26. The Hall–Kier alpha value is -1.62. The van der Waals surface area contributed by atoms with Gasteiger partial charge in [0.05, 0.1) is 13.0 Å². The highest BCUT2D eigenvalue weighted by Crippen LogP contribution is 2.34. The average Bonchev–Trinajstić information content (AvgIpc) is 2.77. The van der Waals surface area contributed by atoms with Gasteiger partial charge in [0, 0.05) is 18.2 Å². The molecule has 1 aromatic carbocycles. The lowest BCUT2D eigenvalue weighted by molar-refractivity contribution is -0.141. The molecule has 2 atom stereocenters. The van der Waals surface area contributed by atoms with Crippen molar-refractivity contribution < 1.29 is 19.0 Å². The van der Waals surface area contributed by atoms with Gasteiger partial charge in [-0.15, -0.1) is 0 Å². The van der Waals surface area contributed by atoms with Crippen molar-refractivity contribution in [3.05, 3.63) is 29.6 Å². The van der Waals surface area contributed by atoms with Gasteiger partial charge < -0.3 is 15.2 Å². The van der Waals surface area contributed by atoms with Crippen LogP contribution in [0.3, 0.4) is 0 Å². The van der Waals surface area contributed by atoms with Crippen LogP contribution in [0.5, 0.6) is 5.75 Å². The van der Waals surface area contributed by atoms with Crippen LogP contribution >= 0.6 is 0 Å². The van der Waals surface area contributed by atoms with Gasteiger partial charge in [-0.25, -0.2) is 4.39 Å². The molecule has 92 valence electrons. The molecule has 1 aromatic rings. The quantitative estimate of drug-likeness (QED) is 0.840. The summed E-state index contributed by atoms with van der Waals surface area (Å²) in [6, 6.07) is 4.30. The van der Waals surface area contributed by atoms with Crippen LogP contribution in [0.15, 0.2) is 18.2 Å². The third-order valence-electron chi connectivity index (χ3n) is 3.06. The molecule has 2 N–H and O–H groups in total. The molecule has 5 heteroatoms. The highest BCUT2D eigenvalue weighted by Gasteiger charge is 2.33. The molecule has 4 nitrogen and oxygen atoms in total. The summed E-state index contributed by atoms with van der Waals surface area (Å²) in [7, 11) is 1.47. The van der Waals surface area contributed by atoms with Gasteiger partial charge >= 0.3 is 5.97 Å². The molecule has 1 heterocycles. The van der Waals surface area contributed by atoms with Crippen LogP contribution in [0.25, 0.3) is 0 Å². The fourth-order valence-electron chi connectivity index (χ4n) is 2.18. The minimum absolute atomic E-state index is 0.299. The van der Waals surface area contributed by atoms with E-state index < -0.39 is 11.9 Å². The second-order valence-corrected chi connectivity index (χ2v) is 4.09. The van der Waals surface area contributed by atoms with Crippen molar-refractivity contribution >= 4 is 5.97 Å². The van der Waals surface area contributed by atoms with Crippen molar-refractivity contribution in [3.63, 3.8) is 0 Å². The molecule has 2 unspecified atom stereocenters. The Labute approximate surface area is 98.4 Å². The minimum atomic E-state index is -0.852. The summed E-state index contributed by atoms with van der Waals surface area (Å²) in [5.74, 6) is -1.24. The minimum Gasteiger partial charge on any atom is -0.496 e. The van der Waals surface area contributed by atoms with Crippen LogP contribution in [0, 0.1) is 11.7 Å². The maximum Gasteiger partial charge on any atom is 0.307 e. The molecule has 0 aliphatic carbocycles. The zero-order valence-electron chi connectivity index (χ0n) is 9.44. The number of hydrogen-bond acceptors (Lipinski definition) is 3. The number of benzene rings is 1. The summed E-state index contributed by atoms with van der Waals surface area (Å²) in [6.45, 7) is 0.359. The maximum absolute atomic E-state index is 13.7. The van der Waals surface area contributed by atoms with Crippen molar-refractivity contribution in [2.45, 2.75) is 12.5 Å². The zero-order chi connectivity index (χ0) is 12.4. The van der Waals surface area contributed by atoms with E-state index in [-0.39, 0.29) is 11.9 Å². The number of nitrogens with one attached hydrogen (secondary N) is 1. The number of carboxylic acid groups (broad SMARTS) is 1. The maximum atomic E-state index is 13.7. The van der Waals surface area contributed by atoms with E-state index in [1.165, 1.54) is 13.2 Å². The van der Waals surface area contributed by atoms with E-state index in [2.05, 4.69) is 5.32 Å². The Morgan fingerprint density at radius 1 is 1.59 bits per heavy atom. The Morgan fingerprint density at radius 3 is 2.94 bits per heavy atom. The molecule has 0 radical (unpaired) electrons. The van der Waals surface area contributed by atoms with E-state index >= 15 is 0 Å². The summed E-state index contributed by atoms with van der Waals surface area (Å²) >= 11 is 0. The molecule has 0 amide bonds. The van der Waals surface area contributed by atoms with E-state index in [1.54, 1.807) is 12.1 Å². The molecule has 1 saturated heterocycles. The number of methoxy groups -OCH3 is 1. The van der Waals surface area contributed by atoms with E-state index in [0.29, 0.717) is 24.3 Å². The number of halogens is 1. The number of rotatable bonds is 3. The summed E-state index contributed by atoms with van der Waals surface area (Å²) in [5, 5.41) is 11.9. The number of aliphatic carboxylic acids is 1. The Kier molecular flexibility index (Phi) is 3.28. The summed E-state index contributed by atoms with van der Waals surface area (Å²) in [6.07, 6.45) is 0.382. The van der Waals surface area contributed by atoms with Crippen molar-refractivity contribution in [2.24, 2.45) is 5.92 Å². The summed E-state index contributed by atoms with van der Waals surface area (Å²) in [5.41, 5.74) is 0.416. The van der Waals surface area contributed by atoms with E-state index in [4.69, 9.17) is 9.84 Å².